The molecule has 1 aromatic rings. The number of nitrogens with one attached hydrogen (secondary N) is 1. The van der Waals surface area contributed by atoms with Crippen LogP contribution < -0.4 is 10.2 Å². The zero-order valence-electron chi connectivity index (χ0n) is 14.8. The standard InChI is InChI=1S/C18H28ClN3O/c1-12(2)22(15(5)23)14(4)16-11-17(19)13(3)10-18(16)21-8-6-20-7-9-21/h10-12,14,20H,6-9H2,1-5H3. The summed E-state index contributed by atoms with van der Waals surface area (Å²) >= 11 is 6.40. The smallest absolute Gasteiger partial charge is 0.220 e. The quantitative estimate of drug-likeness (QED) is 0.915. The topological polar surface area (TPSA) is 35.6 Å². The number of rotatable bonds is 4. The summed E-state index contributed by atoms with van der Waals surface area (Å²) in [6, 6.07) is 4.35. The van der Waals surface area contributed by atoms with Crippen molar-refractivity contribution in [1.82, 2.24) is 10.2 Å². The van der Waals surface area contributed by atoms with Crippen molar-refractivity contribution in [3.05, 3.63) is 28.3 Å². The molecule has 1 fully saturated rings. The minimum atomic E-state index is -0.00418. The molecule has 1 unspecified atom stereocenters. The van der Waals surface area contributed by atoms with Crippen molar-refractivity contribution in [1.29, 1.82) is 0 Å². The van der Waals surface area contributed by atoms with Gasteiger partial charge in [-0.2, -0.15) is 0 Å². The van der Waals surface area contributed by atoms with Gasteiger partial charge in [-0.15, -0.1) is 0 Å². The van der Waals surface area contributed by atoms with Crippen LogP contribution in [0.5, 0.6) is 0 Å². The van der Waals surface area contributed by atoms with E-state index in [0.29, 0.717) is 0 Å². The minimum absolute atomic E-state index is 0.00418. The van der Waals surface area contributed by atoms with E-state index in [1.807, 2.05) is 17.9 Å². The lowest BCUT2D eigenvalue weighted by Gasteiger charge is -2.37. The van der Waals surface area contributed by atoms with Crippen LogP contribution in [0.1, 0.15) is 44.9 Å². The molecule has 128 valence electrons. The van der Waals surface area contributed by atoms with E-state index >= 15 is 0 Å². The van der Waals surface area contributed by atoms with Gasteiger partial charge in [0, 0.05) is 49.9 Å². The first-order valence-corrected chi connectivity index (χ1v) is 8.75. The number of piperazine rings is 1. The lowest BCUT2D eigenvalue weighted by atomic mass is 9.99. The zero-order valence-corrected chi connectivity index (χ0v) is 15.6. The van der Waals surface area contributed by atoms with Crippen LogP contribution in [-0.4, -0.2) is 43.0 Å². The van der Waals surface area contributed by atoms with Gasteiger partial charge in [0.1, 0.15) is 0 Å². The van der Waals surface area contributed by atoms with E-state index in [1.165, 1.54) is 5.69 Å². The Morgan fingerprint density at radius 1 is 1.26 bits per heavy atom. The van der Waals surface area contributed by atoms with Crippen LogP contribution in [0.15, 0.2) is 12.1 Å². The van der Waals surface area contributed by atoms with Crippen molar-refractivity contribution in [2.24, 2.45) is 0 Å². The Morgan fingerprint density at radius 2 is 1.87 bits per heavy atom. The molecule has 1 saturated heterocycles. The molecule has 0 spiro atoms. The molecule has 1 aliphatic heterocycles. The Kier molecular flexibility index (Phi) is 5.93. The van der Waals surface area contributed by atoms with Gasteiger partial charge in [0.15, 0.2) is 0 Å². The number of benzene rings is 1. The molecule has 5 heteroatoms. The number of anilines is 1. The third-order valence-electron chi connectivity index (χ3n) is 4.55. The summed E-state index contributed by atoms with van der Waals surface area (Å²) < 4.78 is 0. The van der Waals surface area contributed by atoms with Crippen molar-refractivity contribution in [3.8, 4) is 0 Å². The molecule has 1 heterocycles. The molecule has 1 aliphatic rings. The molecule has 1 N–H and O–H groups in total. The molecule has 2 rings (SSSR count). The lowest BCUT2D eigenvalue weighted by molar-refractivity contribution is -0.132. The van der Waals surface area contributed by atoms with Gasteiger partial charge in [0.2, 0.25) is 5.91 Å². The molecule has 0 saturated carbocycles. The average molecular weight is 338 g/mol. The maximum absolute atomic E-state index is 12.1. The van der Waals surface area contributed by atoms with Gasteiger partial charge in [0.25, 0.3) is 0 Å². The van der Waals surface area contributed by atoms with E-state index in [2.05, 4.69) is 37.1 Å². The van der Waals surface area contributed by atoms with Crippen LogP contribution in [-0.2, 0) is 4.79 Å². The summed E-state index contributed by atoms with van der Waals surface area (Å²) in [6.45, 7) is 13.8. The number of amides is 1. The minimum Gasteiger partial charge on any atom is -0.369 e. The van der Waals surface area contributed by atoms with Gasteiger partial charge in [-0.1, -0.05) is 11.6 Å². The molecule has 0 aromatic heterocycles. The second kappa shape index (κ2) is 7.54. The number of aryl methyl sites for hydroxylation is 1. The SMILES string of the molecule is CC(=O)N(C(C)C)C(C)c1cc(Cl)c(C)cc1N1CCNCC1. The summed E-state index contributed by atoms with van der Waals surface area (Å²) in [6.07, 6.45) is 0. The fourth-order valence-electron chi connectivity index (χ4n) is 3.43. The van der Waals surface area contributed by atoms with Gasteiger partial charge in [-0.3, -0.25) is 4.79 Å². The van der Waals surface area contributed by atoms with Crippen LogP contribution in [0, 0.1) is 6.92 Å². The molecule has 1 atom stereocenters. The van der Waals surface area contributed by atoms with Crippen LogP contribution in [0.2, 0.25) is 5.02 Å². The maximum Gasteiger partial charge on any atom is 0.220 e. The highest BCUT2D eigenvalue weighted by Crippen LogP contribution is 2.35. The zero-order chi connectivity index (χ0) is 17.1. The number of hydrogen-bond donors (Lipinski definition) is 1. The first-order valence-electron chi connectivity index (χ1n) is 8.37. The summed E-state index contributed by atoms with van der Waals surface area (Å²) in [5.74, 6) is 0.0930. The van der Waals surface area contributed by atoms with Gasteiger partial charge >= 0.3 is 0 Å². The molecule has 1 amide bonds. The number of hydrogen-bond acceptors (Lipinski definition) is 3. The highest BCUT2D eigenvalue weighted by molar-refractivity contribution is 6.31. The van der Waals surface area contributed by atoms with Crippen LogP contribution in [0.4, 0.5) is 5.69 Å². The summed E-state index contributed by atoms with van der Waals surface area (Å²) in [5, 5.41) is 4.15. The fourth-order valence-corrected chi connectivity index (χ4v) is 3.60. The van der Waals surface area contributed by atoms with Crippen LogP contribution in [0.25, 0.3) is 0 Å². The highest BCUT2D eigenvalue weighted by atomic mass is 35.5. The lowest BCUT2D eigenvalue weighted by Crippen LogP contribution is -2.44. The second-order valence-electron chi connectivity index (χ2n) is 6.59. The molecule has 0 bridgehead atoms. The monoisotopic (exact) mass is 337 g/mol. The molecular formula is C18H28ClN3O. The van der Waals surface area contributed by atoms with Gasteiger partial charge in [-0.25, -0.2) is 0 Å². The van der Waals surface area contributed by atoms with Crippen molar-refractivity contribution in [2.75, 3.05) is 31.1 Å². The number of nitrogens with zero attached hydrogens (tertiary/aromatic N) is 2. The molecule has 23 heavy (non-hydrogen) atoms. The number of carbonyl (C=O) groups is 1. The Labute approximate surface area is 144 Å². The van der Waals surface area contributed by atoms with E-state index in [0.717, 1.165) is 42.3 Å². The fraction of sp³-hybridized carbons (Fsp3) is 0.611. The highest BCUT2D eigenvalue weighted by Gasteiger charge is 2.26. The van der Waals surface area contributed by atoms with Gasteiger partial charge in [-0.05, 0) is 51.0 Å². The van der Waals surface area contributed by atoms with E-state index in [9.17, 15) is 4.79 Å². The first kappa shape index (κ1) is 18.1. The Balaban J connectivity index is 2.46. The van der Waals surface area contributed by atoms with E-state index in [1.54, 1.807) is 6.92 Å². The molecule has 0 aliphatic carbocycles. The third-order valence-corrected chi connectivity index (χ3v) is 4.96. The van der Waals surface area contributed by atoms with Gasteiger partial charge < -0.3 is 15.1 Å². The number of carbonyl (C=O) groups excluding carboxylic acids is 1. The second-order valence-corrected chi connectivity index (χ2v) is 7.00. The summed E-state index contributed by atoms with van der Waals surface area (Å²) in [7, 11) is 0. The predicted octanol–water partition coefficient (Wildman–Crippen LogP) is 3.38. The van der Waals surface area contributed by atoms with Crippen LogP contribution >= 0.6 is 11.6 Å². The van der Waals surface area contributed by atoms with Gasteiger partial charge in [0.05, 0.1) is 6.04 Å². The summed E-state index contributed by atoms with van der Waals surface area (Å²) in [5.41, 5.74) is 3.41. The largest absolute Gasteiger partial charge is 0.369 e. The van der Waals surface area contributed by atoms with Crippen LogP contribution in [0.3, 0.4) is 0 Å². The Morgan fingerprint density at radius 3 is 2.39 bits per heavy atom. The maximum atomic E-state index is 12.1. The molecule has 4 nitrogen and oxygen atoms in total. The van der Waals surface area contributed by atoms with Crippen molar-refractivity contribution >= 4 is 23.2 Å². The Hall–Kier alpha value is -1.26. The first-order chi connectivity index (χ1) is 10.8. The van der Waals surface area contributed by atoms with E-state index in [4.69, 9.17) is 11.6 Å². The van der Waals surface area contributed by atoms with Crippen molar-refractivity contribution in [3.63, 3.8) is 0 Å². The van der Waals surface area contributed by atoms with Crippen molar-refractivity contribution in [2.45, 2.75) is 46.7 Å². The summed E-state index contributed by atoms with van der Waals surface area (Å²) in [4.78, 5) is 16.4. The molecular weight excluding hydrogens is 310 g/mol. The van der Waals surface area contributed by atoms with E-state index < -0.39 is 0 Å². The predicted molar refractivity (Wildman–Crippen MR) is 97.3 cm³/mol. The van der Waals surface area contributed by atoms with Crippen molar-refractivity contribution < 1.29 is 4.79 Å². The molecule has 0 radical (unpaired) electrons. The molecule has 1 aromatic carbocycles. The normalized spacial score (nSPS) is 16.6. The van der Waals surface area contributed by atoms with E-state index in [-0.39, 0.29) is 18.0 Å². The average Bonchev–Trinajstić information content (AvgIpc) is 2.49. The Bertz CT molecular complexity index is 568. The number of halogens is 1. The third kappa shape index (κ3) is 3.99.